The molecule has 2 aliphatic rings. The molecule has 8 heteroatoms. The number of nitrogens with zero attached hydrogens (tertiary/aromatic N) is 2. The molecule has 0 bridgehead atoms. The second-order valence-electron chi connectivity index (χ2n) is 7.11. The minimum Gasteiger partial charge on any atom is -0.321 e. The first-order valence-corrected chi connectivity index (χ1v) is 10.4. The van der Waals surface area contributed by atoms with Crippen LogP contribution in [-0.2, 0) is 0 Å². The molecule has 0 spiro atoms. The molecular formula is C20H20ClN3O3S. The smallest absolute Gasteiger partial charge is 0.265 e. The van der Waals surface area contributed by atoms with Crippen molar-refractivity contribution in [2.45, 2.75) is 25.3 Å². The summed E-state index contributed by atoms with van der Waals surface area (Å²) in [5, 5.41) is 2.75. The minimum atomic E-state index is -0.350. The van der Waals surface area contributed by atoms with Crippen molar-refractivity contribution >= 4 is 46.3 Å². The summed E-state index contributed by atoms with van der Waals surface area (Å²) in [5.41, 5.74) is 0.959. The second kappa shape index (κ2) is 7.66. The third kappa shape index (κ3) is 3.45. The van der Waals surface area contributed by atoms with E-state index in [9.17, 15) is 14.4 Å². The zero-order chi connectivity index (χ0) is 19.8. The monoisotopic (exact) mass is 417 g/mol. The molecule has 1 unspecified atom stereocenters. The number of likely N-dealkylation sites (tertiary alicyclic amines) is 1. The quantitative estimate of drug-likeness (QED) is 0.752. The fraction of sp³-hybridized carbons (Fsp3) is 0.350. The highest BCUT2D eigenvalue weighted by Gasteiger charge is 2.38. The van der Waals surface area contributed by atoms with Gasteiger partial charge >= 0.3 is 0 Å². The number of anilines is 1. The van der Waals surface area contributed by atoms with Gasteiger partial charge in [0, 0.05) is 12.6 Å². The molecule has 0 saturated carbocycles. The zero-order valence-electron chi connectivity index (χ0n) is 15.4. The standard InChI is InChI=1S/C20H20ClN3O3S/c1-23-10-3-4-12(23)9-11-24-19(26)13-5-2-6-14(17(13)20(24)27)22-18(25)15-7-8-16(21)28-15/h2,5-8,12H,3-4,9-11H2,1H3,(H,22,25). The minimum absolute atomic E-state index is 0.267. The number of amides is 3. The topological polar surface area (TPSA) is 69.7 Å². The lowest BCUT2D eigenvalue weighted by atomic mass is 10.1. The van der Waals surface area contributed by atoms with Crippen molar-refractivity contribution in [1.29, 1.82) is 0 Å². The summed E-state index contributed by atoms with van der Waals surface area (Å²) in [6.45, 7) is 1.44. The molecule has 1 atom stereocenters. The highest BCUT2D eigenvalue weighted by atomic mass is 35.5. The van der Waals surface area contributed by atoms with Crippen molar-refractivity contribution in [2.75, 3.05) is 25.5 Å². The lowest BCUT2D eigenvalue weighted by Crippen LogP contribution is -2.35. The van der Waals surface area contributed by atoms with Crippen LogP contribution < -0.4 is 5.32 Å². The molecule has 2 aliphatic heterocycles. The molecule has 3 amide bonds. The van der Waals surface area contributed by atoms with Gasteiger partial charge in [-0.15, -0.1) is 11.3 Å². The Morgan fingerprint density at radius 1 is 1.25 bits per heavy atom. The summed E-state index contributed by atoms with van der Waals surface area (Å²) in [7, 11) is 2.07. The molecule has 1 aromatic heterocycles. The molecule has 146 valence electrons. The molecule has 6 nitrogen and oxygen atoms in total. The maximum atomic E-state index is 13.0. The predicted octanol–water partition coefficient (Wildman–Crippen LogP) is 3.73. The molecule has 1 fully saturated rings. The van der Waals surface area contributed by atoms with Gasteiger partial charge in [0.15, 0.2) is 0 Å². The van der Waals surface area contributed by atoms with Gasteiger partial charge in [0.1, 0.15) is 0 Å². The van der Waals surface area contributed by atoms with E-state index < -0.39 is 0 Å². The van der Waals surface area contributed by atoms with Crippen LogP contribution in [-0.4, -0.2) is 53.7 Å². The number of thiophene rings is 1. The molecule has 4 rings (SSSR count). The van der Waals surface area contributed by atoms with Gasteiger partial charge < -0.3 is 10.2 Å². The van der Waals surface area contributed by atoms with Crippen LogP contribution in [0.3, 0.4) is 0 Å². The highest BCUT2D eigenvalue weighted by molar-refractivity contribution is 7.18. The predicted molar refractivity (Wildman–Crippen MR) is 109 cm³/mol. The van der Waals surface area contributed by atoms with E-state index in [0.29, 0.717) is 33.1 Å². The molecule has 3 heterocycles. The van der Waals surface area contributed by atoms with Gasteiger partial charge in [0.2, 0.25) is 0 Å². The van der Waals surface area contributed by atoms with Gasteiger partial charge in [-0.1, -0.05) is 17.7 Å². The van der Waals surface area contributed by atoms with Crippen LogP contribution in [0.2, 0.25) is 4.34 Å². The fourth-order valence-corrected chi connectivity index (χ4v) is 4.82. The average Bonchev–Trinajstić information content (AvgIpc) is 3.34. The summed E-state index contributed by atoms with van der Waals surface area (Å²) in [4.78, 5) is 42.2. The van der Waals surface area contributed by atoms with Crippen LogP contribution in [0.4, 0.5) is 5.69 Å². The van der Waals surface area contributed by atoms with Crippen LogP contribution in [0.5, 0.6) is 0 Å². The molecule has 1 aromatic carbocycles. The first-order valence-electron chi connectivity index (χ1n) is 9.22. The van der Waals surface area contributed by atoms with Crippen molar-refractivity contribution in [1.82, 2.24) is 9.80 Å². The van der Waals surface area contributed by atoms with Gasteiger partial charge in [-0.3, -0.25) is 19.3 Å². The third-order valence-corrected chi connectivity index (χ3v) is 6.63. The Kier molecular flexibility index (Phi) is 5.23. The number of benzene rings is 1. The van der Waals surface area contributed by atoms with Crippen LogP contribution in [0.15, 0.2) is 30.3 Å². The molecular weight excluding hydrogens is 398 g/mol. The van der Waals surface area contributed by atoms with E-state index in [2.05, 4.69) is 17.3 Å². The van der Waals surface area contributed by atoms with E-state index in [4.69, 9.17) is 11.6 Å². The second-order valence-corrected chi connectivity index (χ2v) is 8.83. The number of nitrogens with one attached hydrogen (secondary N) is 1. The van der Waals surface area contributed by atoms with Crippen molar-refractivity contribution < 1.29 is 14.4 Å². The van der Waals surface area contributed by atoms with Gasteiger partial charge in [0.25, 0.3) is 17.7 Å². The average molecular weight is 418 g/mol. The summed E-state index contributed by atoms with van der Waals surface area (Å²) in [6, 6.07) is 8.62. The van der Waals surface area contributed by atoms with Gasteiger partial charge in [-0.2, -0.15) is 0 Å². The number of carbonyl (C=O) groups excluding carboxylic acids is 3. The molecule has 1 N–H and O–H groups in total. The normalized spacial score (nSPS) is 19.4. The van der Waals surface area contributed by atoms with E-state index in [1.54, 1.807) is 30.3 Å². The Balaban J connectivity index is 1.53. The first kappa shape index (κ1) is 19.1. The van der Waals surface area contributed by atoms with E-state index in [1.165, 1.54) is 4.90 Å². The van der Waals surface area contributed by atoms with Crippen LogP contribution in [0, 0.1) is 0 Å². The lowest BCUT2D eigenvalue weighted by Gasteiger charge is -2.22. The summed E-state index contributed by atoms with van der Waals surface area (Å²) >= 11 is 7.05. The summed E-state index contributed by atoms with van der Waals surface area (Å²) in [5.74, 6) is -0.992. The third-order valence-electron chi connectivity index (χ3n) is 5.40. The van der Waals surface area contributed by atoms with Gasteiger partial charge in [-0.05, 0) is 57.1 Å². The van der Waals surface area contributed by atoms with Gasteiger partial charge in [0.05, 0.1) is 26.0 Å². The largest absolute Gasteiger partial charge is 0.321 e. The molecule has 0 aliphatic carbocycles. The Labute approximate surface area is 172 Å². The molecule has 28 heavy (non-hydrogen) atoms. The number of hydrogen-bond donors (Lipinski definition) is 1. The number of hydrogen-bond acceptors (Lipinski definition) is 5. The fourth-order valence-electron chi connectivity index (χ4n) is 3.88. The number of fused-ring (bicyclic) bond motifs is 1. The summed E-state index contributed by atoms with van der Waals surface area (Å²) < 4.78 is 0.512. The number of rotatable bonds is 5. The van der Waals surface area contributed by atoms with E-state index in [-0.39, 0.29) is 23.3 Å². The maximum absolute atomic E-state index is 13.0. The maximum Gasteiger partial charge on any atom is 0.265 e. The Morgan fingerprint density at radius 3 is 2.75 bits per heavy atom. The van der Waals surface area contributed by atoms with Crippen LogP contribution in [0.1, 0.15) is 49.7 Å². The highest BCUT2D eigenvalue weighted by Crippen LogP contribution is 2.31. The van der Waals surface area contributed by atoms with Crippen LogP contribution >= 0.6 is 22.9 Å². The van der Waals surface area contributed by atoms with Crippen molar-refractivity contribution in [3.8, 4) is 0 Å². The van der Waals surface area contributed by atoms with E-state index in [0.717, 1.165) is 37.1 Å². The van der Waals surface area contributed by atoms with Crippen molar-refractivity contribution in [3.05, 3.63) is 50.7 Å². The van der Waals surface area contributed by atoms with Crippen LogP contribution in [0.25, 0.3) is 0 Å². The Hall–Kier alpha value is -2.22. The Morgan fingerprint density at radius 2 is 2.07 bits per heavy atom. The molecule has 0 radical (unpaired) electrons. The summed E-state index contributed by atoms with van der Waals surface area (Å²) in [6.07, 6.45) is 2.99. The van der Waals surface area contributed by atoms with Crippen molar-refractivity contribution in [3.63, 3.8) is 0 Å². The first-order chi connectivity index (χ1) is 13.5. The van der Waals surface area contributed by atoms with E-state index in [1.807, 2.05) is 0 Å². The van der Waals surface area contributed by atoms with E-state index >= 15 is 0 Å². The molecule has 2 aromatic rings. The van der Waals surface area contributed by atoms with Crippen molar-refractivity contribution in [2.24, 2.45) is 0 Å². The number of halogens is 1. The number of imide groups is 1. The molecule has 1 saturated heterocycles. The Bertz CT molecular complexity index is 958. The number of carbonyl (C=O) groups is 3. The zero-order valence-corrected chi connectivity index (χ0v) is 17.0. The SMILES string of the molecule is CN1CCCC1CCN1C(=O)c2cccc(NC(=O)c3ccc(Cl)s3)c2C1=O. The van der Waals surface area contributed by atoms with Gasteiger partial charge in [-0.25, -0.2) is 0 Å². The lowest BCUT2D eigenvalue weighted by molar-refractivity contribution is 0.0643.